The molecule has 0 radical (unpaired) electrons. The van der Waals surface area contributed by atoms with Crippen LogP contribution in [-0.4, -0.2) is 18.5 Å². The van der Waals surface area contributed by atoms with Crippen molar-refractivity contribution in [2.24, 2.45) is 5.73 Å². The molecule has 1 aromatic heterocycles. The number of carbonyl (C=O) groups excluding carboxylic acids is 1. The van der Waals surface area contributed by atoms with Crippen LogP contribution in [0.1, 0.15) is 29.7 Å². The van der Waals surface area contributed by atoms with Crippen molar-refractivity contribution in [1.29, 1.82) is 0 Å². The number of amides is 1. The van der Waals surface area contributed by atoms with E-state index < -0.39 is 0 Å². The average molecular weight is 196 g/mol. The molecule has 0 aliphatic heterocycles. The maximum absolute atomic E-state index is 11.4. The van der Waals surface area contributed by atoms with Crippen molar-refractivity contribution in [2.45, 2.75) is 26.3 Å². The van der Waals surface area contributed by atoms with Gasteiger partial charge >= 0.3 is 0 Å². The van der Waals surface area contributed by atoms with Crippen LogP contribution >= 0.6 is 0 Å². The third kappa shape index (κ3) is 3.22. The molecule has 0 bridgehead atoms. The highest BCUT2D eigenvalue weighted by Crippen LogP contribution is 2.05. The summed E-state index contributed by atoms with van der Waals surface area (Å²) in [5.74, 6) is 0.910. The largest absolute Gasteiger partial charge is 0.456 e. The zero-order chi connectivity index (χ0) is 10.6. The van der Waals surface area contributed by atoms with E-state index in [4.69, 9.17) is 10.2 Å². The van der Waals surface area contributed by atoms with Crippen molar-refractivity contribution in [1.82, 2.24) is 5.32 Å². The number of nitrogens with two attached hydrogens (primary N) is 1. The molecule has 78 valence electrons. The Morgan fingerprint density at radius 2 is 2.36 bits per heavy atom. The van der Waals surface area contributed by atoms with Crippen molar-refractivity contribution >= 4 is 5.91 Å². The van der Waals surface area contributed by atoms with Crippen LogP contribution in [0.5, 0.6) is 0 Å². The molecule has 1 rings (SSSR count). The van der Waals surface area contributed by atoms with E-state index in [1.165, 1.54) is 0 Å². The van der Waals surface area contributed by atoms with Crippen LogP contribution < -0.4 is 11.1 Å². The molecule has 14 heavy (non-hydrogen) atoms. The van der Waals surface area contributed by atoms with Gasteiger partial charge in [0.05, 0.1) is 0 Å². The Morgan fingerprint density at radius 3 is 2.86 bits per heavy atom. The first kappa shape index (κ1) is 10.8. The van der Waals surface area contributed by atoms with E-state index in [1.807, 2.05) is 6.92 Å². The molecule has 0 aliphatic carbocycles. The predicted octanol–water partition coefficient (Wildman–Crippen LogP) is 1.06. The minimum absolute atomic E-state index is 0.105. The highest BCUT2D eigenvalue weighted by molar-refractivity contribution is 5.91. The summed E-state index contributed by atoms with van der Waals surface area (Å²) in [5, 5.41) is 2.73. The number of furan rings is 1. The summed E-state index contributed by atoms with van der Waals surface area (Å²) in [4.78, 5) is 11.4. The Hall–Kier alpha value is -1.29. The van der Waals surface area contributed by atoms with Gasteiger partial charge in [-0.3, -0.25) is 4.79 Å². The van der Waals surface area contributed by atoms with Gasteiger partial charge in [-0.25, -0.2) is 0 Å². The fourth-order valence-corrected chi connectivity index (χ4v) is 1.06. The zero-order valence-corrected chi connectivity index (χ0v) is 8.54. The summed E-state index contributed by atoms with van der Waals surface area (Å²) in [6.45, 7) is 4.29. The Labute approximate surface area is 83.5 Å². The van der Waals surface area contributed by atoms with Crippen LogP contribution in [0, 0.1) is 6.92 Å². The van der Waals surface area contributed by atoms with Crippen molar-refractivity contribution in [3.8, 4) is 0 Å². The molecular weight excluding hydrogens is 180 g/mol. The third-order valence-corrected chi connectivity index (χ3v) is 1.85. The summed E-state index contributed by atoms with van der Waals surface area (Å²) in [6, 6.07) is 3.53. The Morgan fingerprint density at radius 1 is 1.64 bits per heavy atom. The molecule has 1 aromatic rings. The molecule has 0 aliphatic rings. The van der Waals surface area contributed by atoms with Crippen LogP contribution in [0.15, 0.2) is 16.5 Å². The second-order valence-electron chi connectivity index (χ2n) is 3.43. The van der Waals surface area contributed by atoms with Gasteiger partial charge < -0.3 is 15.5 Å². The smallest absolute Gasteiger partial charge is 0.286 e. The van der Waals surface area contributed by atoms with Crippen LogP contribution in [0.3, 0.4) is 0 Å². The quantitative estimate of drug-likeness (QED) is 0.756. The second kappa shape index (κ2) is 4.81. The molecule has 0 spiro atoms. The van der Waals surface area contributed by atoms with E-state index in [2.05, 4.69) is 5.32 Å². The van der Waals surface area contributed by atoms with E-state index in [0.29, 0.717) is 12.3 Å². The van der Waals surface area contributed by atoms with Crippen molar-refractivity contribution in [3.63, 3.8) is 0 Å². The third-order valence-electron chi connectivity index (χ3n) is 1.85. The molecule has 1 amide bonds. The zero-order valence-electron chi connectivity index (χ0n) is 8.54. The van der Waals surface area contributed by atoms with E-state index >= 15 is 0 Å². The van der Waals surface area contributed by atoms with E-state index in [1.54, 1.807) is 19.1 Å². The molecule has 3 N–H and O–H groups in total. The lowest BCUT2D eigenvalue weighted by molar-refractivity contribution is 0.0924. The molecule has 4 nitrogen and oxygen atoms in total. The number of nitrogens with one attached hydrogen (secondary N) is 1. The molecule has 1 heterocycles. The van der Waals surface area contributed by atoms with Crippen LogP contribution in [0.4, 0.5) is 0 Å². The average Bonchev–Trinajstić information content (AvgIpc) is 2.51. The molecule has 0 fully saturated rings. The van der Waals surface area contributed by atoms with Gasteiger partial charge in [0.15, 0.2) is 5.76 Å². The van der Waals surface area contributed by atoms with E-state index in [0.717, 1.165) is 12.2 Å². The summed E-state index contributed by atoms with van der Waals surface area (Å²) in [6.07, 6.45) is 0.769. The number of rotatable bonds is 4. The first-order valence-corrected chi connectivity index (χ1v) is 4.70. The molecule has 4 heteroatoms. The standard InChI is InChI=1S/C10H16N2O2/c1-7(11)5-6-12-10(13)9-4-3-8(2)14-9/h3-4,7H,5-6,11H2,1-2H3,(H,12,13). The number of hydrogen-bond acceptors (Lipinski definition) is 3. The fourth-order valence-electron chi connectivity index (χ4n) is 1.06. The lowest BCUT2D eigenvalue weighted by Crippen LogP contribution is -2.28. The highest BCUT2D eigenvalue weighted by atomic mass is 16.3. The molecular formula is C10H16N2O2. The maximum Gasteiger partial charge on any atom is 0.286 e. The van der Waals surface area contributed by atoms with E-state index in [-0.39, 0.29) is 11.9 Å². The number of carbonyl (C=O) groups is 1. The molecule has 1 atom stereocenters. The van der Waals surface area contributed by atoms with Gasteiger partial charge in [0.2, 0.25) is 0 Å². The first-order valence-electron chi connectivity index (χ1n) is 4.70. The summed E-state index contributed by atoms with van der Waals surface area (Å²) >= 11 is 0. The van der Waals surface area contributed by atoms with Crippen LogP contribution in [-0.2, 0) is 0 Å². The lowest BCUT2D eigenvalue weighted by atomic mass is 10.2. The summed E-state index contributed by atoms with van der Waals surface area (Å²) in [7, 11) is 0. The summed E-state index contributed by atoms with van der Waals surface area (Å²) in [5.41, 5.74) is 5.55. The minimum Gasteiger partial charge on any atom is -0.456 e. The van der Waals surface area contributed by atoms with Gasteiger partial charge in [0, 0.05) is 12.6 Å². The normalized spacial score (nSPS) is 12.5. The number of aryl methyl sites for hydroxylation is 1. The number of hydrogen-bond donors (Lipinski definition) is 2. The van der Waals surface area contributed by atoms with Gasteiger partial charge in [-0.1, -0.05) is 0 Å². The molecule has 0 aromatic carbocycles. The molecule has 0 saturated carbocycles. The Kier molecular flexibility index (Phi) is 3.71. The fraction of sp³-hybridized carbons (Fsp3) is 0.500. The van der Waals surface area contributed by atoms with Crippen LogP contribution in [0.2, 0.25) is 0 Å². The molecule has 1 unspecified atom stereocenters. The summed E-state index contributed by atoms with van der Waals surface area (Å²) < 4.78 is 5.16. The predicted molar refractivity (Wildman–Crippen MR) is 54.0 cm³/mol. The second-order valence-corrected chi connectivity index (χ2v) is 3.43. The van der Waals surface area contributed by atoms with Crippen molar-refractivity contribution in [3.05, 3.63) is 23.7 Å². The topological polar surface area (TPSA) is 68.3 Å². The molecule has 0 saturated heterocycles. The van der Waals surface area contributed by atoms with Gasteiger partial charge in [0.1, 0.15) is 5.76 Å². The van der Waals surface area contributed by atoms with Gasteiger partial charge in [-0.2, -0.15) is 0 Å². The van der Waals surface area contributed by atoms with Gasteiger partial charge in [0.25, 0.3) is 5.91 Å². The SMILES string of the molecule is Cc1ccc(C(=O)NCCC(C)N)o1. The van der Waals surface area contributed by atoms with Crippen molar-refractivity contribution < 1.29 is 9.21 Å². The van der Waals surface area contributed by atoms with Crippen LogP contribution in [0.25, 0.3) is 0 Å². The Bertz CT molecular complexity index is 305. The van der Waals surface area contributed by atoms with E-state index in [9.17, 15) is 4.79 Å². The van der Waals surface area contributed by atoms with Gasteiger partial charge in [-0.05, 0) is 32.4 Å². The Balaban J connectivity index is 2.36. The minimum atomic E-state index is -0.182. The lowest BCUT2D eigenvalue weighted by Gasteiger charge is -2.05. The monoisotopic (exact) mass is 196 g/mol. The van der Waals surface area contributed by atoms with Gasteiger partial charge in [-0.15, -0.1) is 0 Å². The van der Waals surface area contributed by atoms with Crippen molar-refractivity contribution in [2.75, 3.05) is 6.54 Å². The maximum atomic E-state index is 11.4. The first-order chi connectivity index (χ1) is 6.59. The highest BCUT2D eigenvalue weighted by Gasteiger charge is 2.08.